The van der Waals surface area contributed by atoms with E-state index >= 15 is 0 Å². The van der Waals surface area contributed by atoms with Gasteiger partial charge in [-0.2, -0.15) is 0 Å². The van der Waals surface area contributed by atoms with Crippen LogP contribution in [0.4, 0.5) is 0 Å². The van der Waals surface area contributed by atoms with Gasteiger partial charge in [0.05, 0.1) is 0 Å². The summed E-state index contributed by atoms with van der Waals surface area (Å²) in [6.07, 6.45) is 6.96. The van der Waals surface area contributed by atoms with Crippen LogP contribution in [0.1, 0.15) is 52.4 Å². The molecule has 2 aliphatic rings. The van der Waals surface area contributed by atoms with Crippen LogP contribution in [-0.2, 0) is 4.79 Å². The van der Waals surface area contributed by atoms with Gasteiger partial charge in [0.1, 0.15) is 0 Å². The molecule has 1 N–H and O–H groups in total. The Morgan fingerprint density at radius 3 is 2.53 bits per heavy atom. The molecule has 0 aromatic rings. The van der Waals surface area contributed by atoms with E-state index < -0.39 is 0 Å². The average molecular weight is 289 g/mol. The summed E-state index contributed by atoms with van der Waals surface area (Å²) < 4.78 is 0. The highest BCUT2D eigenvalue weighted by atomic mass is 35.5. The molecule has 2 saturated heterocycles. The highest BCUT2D eigenvalue weighted by Crippen LogP contribution is 2.26. The molecule has 0 spiro atoms. The lowest BCUT2D eigenvalue weighted by Gasteiger charge is -2.39. The third-order valence-electron chi connectivity index (χ3n) is 4.34. The Hall–Kier alpha value is -0.280. The second-order valence-electron chi connectivity index (χ2n) is 6.34. The highest BCUT2D eigenvalue weighted by molar-refractivity contribution is 5.85. The van der Waals surface area contributed by atoms with Gasteiger partial charge in [0.25, 0.3) is 0 Å². The normalized spacial score (nSPS) is 25.2. The van der Waals surface area contributed by atoms with Crippen LogP contribution in [0.3, 0.4) is 0 Å². The van der Waals surface area contributed by atoms with Gasteiger partial charge in [-0.15, -0.1) is 12.4 Å². The Morgan fingerprint density at radius 2 is 1.89 bits per heavy atom. The molecule has 112 valence electrons. The van der Waals surface area contributed by atoms with E-state index in [9.17, 15) is 4.79 Å². The number of carbonyl (C=O) groups is 1. The predicted octanol–water partition coefficient (Wildman–Crippen LogP) is 2.84. The first-order valence-electron chi connectivity index (χ1n) is 7.69. The summed E-state index contributed by atoms with van der Waals surface area (Å²) in [6, 6.07) is 0.515. The monoisotopic (exact) mass is 288 g/mol. The molecule has 0 aromatic carbocycles. The summed E-state index contributed by atoms with van der Waals surface area (Å²) in [7, 11) is 0. The van der Waals surface area contributed by atoms with E-state index in [1.54, 1.807) is 0 Å². The summed E-state index contributed by atoms with van der Waals surface area (Å²) in [5.74, 6) is 1.43. The van der Waals surface area contributed by atoms with Crippen molar-refractivity contribution in [2.75, 3.05) is 19.6 Å². The van der Waals surface area contributed by atoms with Crippen molar-refractivity contribution in [1.82, 2.24) is 10.2 Å². The number of halogens is 1. The van der Waals surface area contributed by atoms with Crippen LogP contribution < -0.4 is 5.32 Å². The zero-order chi connectivity index (χ0) is 13.0. The molecule has 4 heteroatoms. The molecule has 1 unspecified atom stereocenters. The van der Waals surface area contributed by atoms with Crippen molar-refractivity contribution in [2.45, 2.75) is 58.4 Å². The number of likely N-dealkylation sites (tertiary alicyclic amines) is 1. The van der Waals surface area contributed by atoms with Gasteiger partial charge < -0.3 is 10.2 Å². The Balaban J connectivity index is 0.00000180. The SMILES string of the molecule is CC(C)CC1CCCCN1C(=O)C1CCNCC1.Cl. The molecule has 0 aromatic heterocycles. The van der Waals surface area contributed by atoms with Crippen LogP contribution >= 0.6 is 12.4 Å². The summed E-state index contributed by atoms with van der Waals surface area (Å²) >= 11 is 0. The molecular weight excluding hydrogens is 260 g/mol. The molecule has 2 heterocycles. The largest absolute Gasteiger partial charge is 0.339 e. The van der Waals surface area contributed by atoms with Crippen LogP contribution in [-0.4, -0.2) is 36.5 Å². The first-order chi connectivity index (χ1) is 8.68. The zero-order valence-corrected chi connectivity index (χ0v) is 13.2. The maximum Gasteiger partial charge on any atom is 0.226 e. The lowest BCUT2D eigenvalue weighted by molar-refractivity contribution is -0.140. The standard InChI is InChI=1S/C15H28N2O.ClH/c1-12(2)11-14-5-3-4-10-17(14)15(18)13-6-8-16-9-7-13;/h12-14,16H,3-11H2,1-2H3;1H. The smallest absolute Gasteiger partial charge is 0.226 e. The minimum atomic E-state index is 0. The van der Waals surface area contributed by atoms with Crippen LogP contribution in [0, 0.1) is 11.8 Å². The Morgan fingerprint density at radius 1 is 1.21 bits per heavy atom. The van der Waals surface area contributed by atoms with Gasteiger partial charge in [-0.05, 0) is 57.5 Å². The minimum absolute atomic E-state index is 0. The average Bonchev–Trinajstić information content (AvgIpc) is 2.39. The zero-order valence-electron chi connectivity index (χ0n) is 12.4. The van der Waals surface area contributed by atoms with E-state index in [1.165, 1.54) is 25.7 Å². The lowest BCUT2D eigenvalue weighted by atomic mass is 9.90. The molecular formula is C15H29ClN2O. The molecule has 2 rings (SSSR count). The molecule has 1 amide bonds. The number of hydrogen-bond donors (Lipinski definition) is 1. The van der Waals surface area contributed by atoms with Crippen molar-refractivity contribution in [1.29, 1.82) is 0 Å². The third-order valence-corrected chi connectivity index (χ3v) is 4.34. The maximum atomic E-state index is 12.6. The van der Waals surface area contributed by atoms with Crippen LogP contribution in [0.25, 0.3) is 0 Å². The first-order valence-corrected chi connectivity index (χ1v) is 7.69. The molecule has 0 radical (unpaired) electrons. The van der Waals surface area contributed by atoms with Crippen molar-refractivity contribution in [2.24, 2.45) is 11.8 Å². The van der Waals surface area contributed by atoms with Gasteiger partial charge >= 0.3 is 0 Å². The Kier molecular flexibility index (Phi) is 7.16. The van der Waals surface area contributed by atoms with E-state index in [0.717, 1.165) is 32.5 Å². The van der Waals surface area contributed by atoms with Crippen LogP contribution in [0.2, 0.25) is 0 Å². The lowest BCUT2D eigenvalue weighted by Crippen LogP contribution is -2.48. The highest BCUT2D eigenvalue weighted by Gasteiger charge is 2.32. The fraction of sp³-hybridized carbons (Fsp3) is 0.933. The molecule has 0 saturated carbocycles. The van der Waals surface area contributed by atoms with Gasteiger partial charge in [0, 0.05) is 18.5 Å². The minimum Gasteiger partial charge on any atom is -0.339 e. The molecule has 1 atom stereocenters. The fourth-order valence-corrected chi connectivity index (χ4v) is 3.38. The van der Waals surface area contributed by atoms with Gasteiger partial charge in [-0.25, -0.2) is 0 Å². The molecule has 3 nitrogen and oxygen atoms in total. The Labute approximate surface area is 123 Å². The van der Waals surface area contributed by atoms with Gasteiger partial charge in [0.2, 0.25) is 5.91 Å². The quantitative estimate of drug-likeness (QED) is 0.866. The first kappa shape index (κ1) is 16.8. The van der Waals surface area contributed by atoms with Gasteiger partial charge in [-0.3, -0.25) is 4.79 Å². The maximum absolute atomic E-state index is 12.6. The van der Waals surface area contributed by atoms with E-state index in [4.69, 9.17) is 0 Å². The topological polar surface area (TPSA) is 32.3 Å². The van der Waals surface area contributed by atoms with E-state index in [0.29, 0.717) is 23.8 Å². The van der Waals surface area contributed by atoms with Gasteiger partial charge in [0.15, 0.2) is 0 Å². The molecule has 0 bridgehead atoms. The number of hydrogen-bond acceptors (Lipinski definition) is 2. The van der Waals surface area contributed by atoms with Crippen molar-refractivity contribution < 1.29 is 4.79 Å². The number of piperidine rings is 2. The summed E-state index contributed by atoms with van der Waals surface area (Å²) in [4.78, 5) is 14.9. The van der Waals surface area contributed by atoms with Crippen molar-refractivity contribution in [3.8, 4) is 0 Å². The van der Waals surface area contributed by atoms with E-state index in [-0.39, 0.29) is 12.4 Å². The molecule has 2 fully saturated rings. The van der Waals surface area contributed by atoms with Crippen molar-refractivity contribution >= 4 is 18.3 Å². The van der Waals surface area contributed by atoms with Crippen LogP contribution in [0.5, 0.6) is 0 Å². The molecule has 2 aliphatic heterocycles. The van der Waals surface area contributed by atoms with Gasteiger partial charge in [-0.1, -0.05) is 13.8 Å². The molecule has 19 heavy (non-hydrogen) atoms. The van der Waals surface area contributed by atoms with Crippen LogP contribution in [0.15, 0.2) is 0 Å². The van der Waals surface area contributed by atoms with Crippen molar-refractivity contribution in [3.63, 3.8) is 0 Å². The number of rotatable bonds is 3. The van der Waals surface area contributed by atoms with Crippen molar-refractivity contribution in [3.05, 3.63) is 0 Å². The second kappa shape index (κ2) is 8.11. The summed E-state index contributed by atoms with van der Waals surface area (Å²) in [5.41, 5.74) is 0. The van der Waals surface area contributed by atoms with E-state index in [2.05, 4.69) is 24.1 Å². The fourth-order valence-electron chi connectivity index (χ4n) is 3.38. The Bertz CT molecular complexity index is 277. The predicted molar refractivity (Wildman–Crippen MR) is 81.6 cm³/mol. The number of carbonyl (C=O) groups excluding carboxylic acids is 1. The number of amides is 1. The van der Waals surface area contributed by atoms with E-state index in [1.807, 2.05) is 0 Å². The number of nitrogens with zero attached hydrogens (tertiary/aromatic N) is 1. The number of nitrogens with one attached hydrogen (secondary N) is 1. The molecule has 0 aliphatic carbocycles. The third kappa shape index (κ3) is 4.64. The summed E-state index contributed by atoms with van der Waals surface area (Å²) in [5, 5.41) is 3.35. The second-order valence-corrected chi connectivity index (χ2v) is 6.34. The summed E-state index contributed by atoms with van der Waals surface area (Å²) in [6.45, 7) is 7.56.